The summed E-state index contributed by atoms with van der Waals surface area (Å²) in [5.41, 5.74) is -0.586. The second-order valence-corrected chi connectivity index (χ2v) is 8.52. The summed E-state index contributed by atoms with van der Waals surface area (Å²) in [7, 11) is 0. The van der Waals surface area contributed by atoms with Gasteiger partial charge in [0.05, 0.1) is 6.54 Å². The van der Waals surface area contributed by atoms with Gasteiger partial charge in [0.25, 0.3) is 5.91 Å². The van der Waals surface area contributed by atoms with Crippen molar-refractivity contribution in [2.24, 2.45) is 0 Å². The highest BCUT2D eigenvalue weighted by Crippen LogP contribution is 2.31. The monoisotopic (exact) mass is 486 g/mol. The van der Waals surface area contributed by atoms with Crippen LogP contribution < -0.4 is 10.1 Å². The summed E-state index contributed by atoms with van der Waals surface area (Å²) in [5, 5.41) is 15.0. The molecule has 3 amide bonds. The first-order valence-electron chi connectivity index (χ1n) is 9.66. The lowest BCUT2D eigenvalue weighted by Gasteiger charge is -2.23. The Kier molecular flexibility index (Phi) is 5.68. The van der Waals surface area contributed by atoms with E-state index in [-0.39, 0.29) is 18.9 Å². The summed E-state index contributed by atoms with van der Waals surface area (Å²) >= 11 is 3.17. The van der Waals surface area contributed by atoms with Crippen LogP contribution in [0.2, 0.25) is 0 Å². The number of hydrogen-bond acceptors (Lipinski definition) is 4. The number of β-amino-alcohol motifs (C(OH)–C–C–N with tert-alkyl or cyclic N) is 1. The molecule has 8 heteroatoms. The maximum absolute atomic E-state index is 13.4. The fraction of sp³-hybridized carbons (Fsp3) is 0.217. The molecule has 1 fully saturated rings. The van der Waals surface area contributed by atoms with Gasteiger partial charge in [0, 0.05) is 10.5 Å². The number of amides is 3. The highest BCUT2D eigenvalue weighted by Gasteiger charge is 2.49. The van der Waals surface area contributed by atoms with E-state index in [1.54, 1.807) is 13.0 Å². The second kappa shape index (κ2) is 8.28. The molecule has 2 N–H and O–H groups in total. The Hall–Kier alpha value is -2.97. The average Bonchev–Trinajstić information content (AvgIpc) is 2.95. The number of rotatable bonds is 6. The third-order valence-electron chi connectivity index (χ3n) is 5.27. The van der Waals surface area contributed by atoms with Gasteiger partial charge in [0.1, 0.15) is 29.8 Å². The molecule has 31 heavy (non-hydrogen) atoms. The van der Waals surface area contributed by atoms with Crippen LogP contribution >= 0.6 is 15.9 Å². The first-order valence-corrected chi connectivity index (χ1v) is 10.5. The maximum Gasteiger partial charge on any atom is 0.325 e. The number of hydrogen-bond donors (Lipinski definition) is 2. The Morgan fingerprint density at radius 1 is 1.13 bits per heavy atom. The van der Waals surface area contributed by atoms with Crippen molar-refractivity contribution in [3.63, 3.8) is 0 Å². The highest BCUT2D eigenvalue weighted by molar-refractivity contribution is 9.10. The number of benzene rings is 3. The fourth-order valence-electron chi connectivity index (χ4n) is 3.63. The standard InChI is InChI=1S/C23H20BrFN2O4/c1-23(16-7-6-14-4-2-3-5-15(14)8-16)21(29)27(22(30)26-23)12-19(28)13-31-20-10-17(24)9-18(25)11-20/h2-11,19,28H,12-13H2,1H3,(H,26,30). The van der Waals surface area contributed by atoms with E-state index >= 15 is 0 Å². The molecule has 160 valence electrons. The van der Waals surface area contributed by atoms with Crippen molar-refractivity contribution in [2.45, 2.75) is 18.6 Å². The van der Waals surface area contributed by atoms with Crippen molar-refractivity contribution in [1.82, 2.24) is 10.2 Å². The number of halogens is 2. The molecular formula is C23H20BrFN2O4. The molecule has 4 rings (SSSR count). The Balaban J connectivity index is 1.46. The zero-order valence-corrected chi connectivity index (χ0v) is 18.2. The normalized spacial score (nSPS) is 19.5. The van der Waals surface area contributed by atoms with Crippen LogP contribution in [0.25, 0.3) is 10.8 Å². The third-order valence-corrected chi connectivity index (χ3v) is 5.73. The summed E-state index contributed by atoms with van der Waals surface area (Å²) in [6.45, 7) is 1.19. The van der Waals surface area contributed by atoms with Crippen LogP contribution in [0.1, 0.15) is 12.5 Å². The van der Waals surface area contributed by atoms with E-state index in [9.17, 15) is 19.1 Å². The number of urea groups is 1. The Morgan fingerprint density at radius 2 is 1.87 bits per heavy atom. The molecule has 2 unspecified atom stereocenters. The third kappa shape index (κ3) is 4.26. The van der Waals surface area contributed by atoms with E-state index in [0.717, 1.165) is 15.7 Å². The zero-order valence-electron chi connectivity index (χ0n) is 16.6. The van der Waals surface area contributed by atoms with E-state index in [0.29, 0.717) is 10.0 Å². The van der Waals surface area contributed by atoms with Gasteiger partial charge in [-0.3, -0.25) is 9.69 Å². The van der Waals surface area contributed by atoms with Gasteiger partial charge >= 0.3 is 6.03 Å². The lowest BCUT2D eigenvalue weighted by molar-refractivity contribution is -0.132. The molecule has 0 bridgehead atoms. The van der Waals surface area contributed by atoms with Gasteiger partial charge in [0.2, 0.25) is 0 Å². The van der Waals surface area contributed by atoms with Crippen molar-refractivity contribution in [3.05, 3.63) is 76.5 Å². The minimum absolute atomic E-state index is 0.209. The van der Waals surface area contributed by atoms with E-state index in [1.165, 1.54) is 12.1 Å². The number of nitrogens with zero attached hydrogens (tertiary/aromatic N) is 1. The summed E-state index contributed by atoms with van der Waals surface area (Å²) in [6.07, 6.45) is -1.14. The Morgan fingerprint density at radius 3 is 2.61 bits per heavy atom. The number of ether oxygens (including phenoxy) is 1. The number of aliphatic hydroxyl groups is 1. The number of aliphatic hydroxyl groups excluding tert-OH is 1. The highest BCUT2D eigenvalue weighted by atomic mass is 79.9. The van der Waals surface area contributed by atoms with Crippen LogP contribution in [-0.4, -0.2) is 41.2 Å². The van der Waals surface area contributed by atoms with E-state index in [4.69, 9.17) is 4.74 Å². The molecule has 0 aliphatic carbocycles. The van der Waals surface area contributed by atoms with E-state index in [1.807, 2.05) is 42.5 Å². The second-order valence-electron chi connectivity index (χ2n) is 7.60. The molecule has 2 atom stereocenters. The Bertz CT molecular complexity index is 1150. The Labute approximate surface area is 186 Å². The number of carbonyl (C=O) groups is 2. The summed E-state index contributed by atoms with van der Waals surface area (Å²) in [4.78, 5) is 26.6. The van der Waals surface area contributed by atoms with Gasteiger partial charge in [-0.05, 0) is 41.5 Å². The molecule has 0 saturated carbocycles. The lowest BCUT2D eigenvalue weighted by Crippen LogP contribution is -2.42. The van der Waals surface area contributed by atoms with Crippen LogP contribution in [0.15, 0.2) is 65.1 Å². The van der Waals surface area contributed by atoms with Gasteiger partial charge in [-0.1, -0.05) is 52.3 Å². The zero-order chi connectivity index (χ0) is 22.2. The molecular weight excluding hydrogens is 467 g/mol. The SMILES string of the molecule is CC1(c2ccc3ccccc3c2)NC(=O)N(CC(O)COc2cc(F)cc(Br)c2)C1=O. The molecule has 1 aliphatic rings. The first kappa shape index (κ1) is 21.3. The van der Waals surface area contributed by atoms with Crippen molar-refractivity contribution >= 4 is 38.6 Å². The van der Waals surface area contributed by atoms with Crippen molar-refractivity contribution in [2.75, 3.05) is 13.2 Å². The fourth-order valence-corrected chi connectivity index (χ4v) is 4.07. The molecule has 1 heterocycles. The largest absolute Gasteiger partial charge is 0.491 e. The van der Waals surface area contributed by atoms with Crippen molar-refractivity contribution in [1.29, 1.82) is 0 Å². The molecule has 1 saturated heterocycles. The summed E-state index contributed by atoms with van der Waals surface area (Å²) < 4.78 is 19.4. The molecule has 3 aromatic rings. The molecule has 0 radical (unpaired) electrons. The van der Waals surface area contributed by atoms with Gasteiger partial charge in [-0.2, -0.15) is 0 Å². The molecule has 0 aromatic heterocycles. The molecule has 3 aromatic carbocycles. The average molecular weight is 487 g/mol. The van der Waals surface area contributed by atoms with Crippen molar-refractivity contribution < 1.29 is 23.8 Å². The van der Waals surface area contributed by atoms with Crippen LogP contribution in [-0.2, 0) is 10.3 Å². The summed E-state index contributed by atoms with van der Waals surface area (Å²) in [6, 6.07) is 16.8. The minimum atomic E-state index is -1.24. The predicted molar refractivity (Wildman–Crippen MR) is 117 cm³/mol. The number of nitrogens with one attached hydrogen (secondary N) is 1. The van der Waals surface area contributed by atoms with Gasteiger partial charge in [-0.25, -0.2) is 9.18 Å². The number of fused-ring (bicyclic) bond motifs is 1. The molecule has 1 aliphatic heterocycles. The van der Waals surface area contributed by atoms with Crippen molar-refractivity contribution in [3.8, 4) is 5.75 Å². The number of carbonyl (C=O) groups excluding carboxylic acids is 2. The van der Waals surface area contributed by atoms with Gasteiger partial charge in [-0.15, -0.1) is 0 Å². The van der Waals surface area contributed by atoms with E-state index < -0.39 is 29.4 Å². The van der Waals surface area contributed by atoms with Crippen LogP contribution in [0.3, 0.4) is 0 Å². The van der Waals surface area contributed by atoms with Crippen LogP contribution in [0.4, 0.5) is 9.18 Å². The predicted octanol–water partition coefficient (Wildman–Crippen LogP) is 3.95. The van der Waals surface area contributed by atoms with E-state index in [2.05, 4.69) is 21.2 Å². The molecule has 6 nitrogen and oxygen atoms in total. The maximum atomic E-state index is 13.4. The van der Waals surface area contributed by atoms with Gasteiger partial charge in [0.15, 0.2) is 0 Å². The molecule has 0 spiro atoms. The first-order chi connectivity index (χ1) is 14.8. The number of imide groups is 1. The lowest BCUT2D eigenvalue weighted by atomic mass is 9.90. The van der Waals surface area contributed by atoms with Gasteiger partial charge < -0.3 is 15.2 Å². The minimum Gasteiger partial charge on any atom is -0.491 e. The quantitative estimate of drug-likeness (QED) is 0.517. The van der Waals surface area contributed by atoms with Crippen LogP contribution in [0.5, 0.6) is 5.75 Å². The topological polar surface area (TPSA) is 78.9 Å². The smallest absolute Gasteiger partial charge is 0.325 e. The summed E-state index contributed by atoms with van der Waals surface area (Å²) in [5.74, 6) is -0.719. The van der Waals surface area contributed by atoms with Crippen LogP contribution in [0, 0.1) is 5.82 Å².